The quantitative estimate of drug-likeness (QED) is 0.774. The molecule has 1 saturated carbocycles. The number of hydrogen-bond acceptors (Lipinski definition) is 7. The Labute approximate surface area is 128 Å². The summed E-state index contributed by atoms with van der Waals surface area (Å²) in [4.78, 5) is 17.9. The fourth-order valence-corrected chi connectivity index (χ4v) is 3.83. The summed E-state index contributed by atoms with van der Waals surface area (Å²) in [5.41, 5.74) is 7.54. The monoisotopic (exact) mass is 317 g/mol. The van der Waals surface area contributed by atoms with Crippen LogP contribution in [0, 0.1) is 0 Å². The molecule has 3 aromatic heterocycles. The molecule has 0 atom stereocenters. The average Bonchev–Trinajstić information content (AvgIpc) is 3.15. The molecule has 0 aliphatic heterocycles. The Hall–Kier alpha value is -2.06. The summed E-state index contributed by atoms with van der Waals surface area (Å²) in [7, 11) is 0. The molecule has 1 aliphatic carbocycles. The van der Waals surface area contributed by atoms with E-state index < -0.39 is 0 Å². The first-order valence-electron chi connectivity index (χ1n) is 6.49. The van der Waals surface area contributed by atoms with Gasteiger partial charge in [0.25, 0.3) is 5.91 Å². The zero-order valence-corrected chi connectivity index (χ0v) is 12.5. The number of hydrogen-bond donors (Lipinski definition) is 2. The van der Waals surface area contributed by atoms with Crippen LogP contribution in [0.5, 0.6) is 0 Å². The van der Waals surface area contributed by atoms with Gasteiger partial charge in [0.1, 0.15) is 9.71 Å². The lowest BCUT2D eigenvalue weighted by Crippen LogP contribution is -2.11. The number of carbonyl (C=O) groups is 1. The number of fused-ring (bicyclic) bond motifs is 1. The summed E-state index contributed by atoms with van der Waals surface area (Å²) in [6.07, 6.45) is 3.95. The minimum Gasteiger partial charge on any atom is -0.397 e. The average molecular weight is 317 g/mol. The summed E-state index contributed by atoms with van der Waals surface area (Å²) >= 11 is 2.69. The zero-order chi connectivity index (χ0) is 14.4. The second-order valence-corrected chi connectivity index (χ2v) is 6.76. The second-order valence-electron chi connectivity index (χ2n) is 4.90. The maximum atomic E-state index is 12.3. The molecule has 3 heterocycles. The highest BCUT2D eigenvalue weighted by Gasteiger charge is 2.26. The fraction of sp³-hybridized carbons (Fsp3) is 0.231. The Balaban J connectivity index is 1.61. The van der Waals surface area contributed by atoms with Crippen molar-refractivity contribution < 1.29 is 4.79 Å². The van der Waals surface area contributed by atoms with Crippen LogP contribution in [0.15, 0.2) is 17.6 Å². The number of nitrogens with zero attached hydrogens (tertiary/aromatic N) is 3. The van der Waals surface area contributed by atoms with Crippen LogP contribution in [-0.4, -0.2) is 21.1 Å². The van der Waals surface area contributed by atoms with Crippen molar-refractivity contribution in [3.8, 4) is 0 Å². The largest absolute Gasteiger partial charge is 0.397 e. The topological polar surface area (TPSA) is 93.8 Å². The summed E-state index contributed by atoms with van der Waals surface area (Å²) in [6, 6.07) is 1.76. The van der Waals surface area contributed by atoms with Crippen LogP contribution >= 0.6 is 22.7 Å². The lowest BCUT2D eigenvalue weighted by atomic mass is 10.3. The molecule has 1 fully saturated rings. The molecule has 3 aromatic rings. The van der Waals surface area contributed by atoms with E-state index in [1.165, 1.54) is 35.5 Å². The number of thiazole rings is 1. The van der Waals surface area contributed by atoms with E-state index in [1.54, 1.807) is 12.3 Å². The summed E-state index contributed by atoms with van der Waals surface area (Å²) in [6.45, 7) is 0. The third-order valence-corrected chi connectivity index (χ3v) is 5.24. The van der Waals surface area contributed by atoms with E-state index in [2.05, 4.69) is 20.5 Å². The highest BCUT2D eigenvalue weighted by atomic mass is 32.1. The third-order valence-electron chi connectivity index (χ3n) is 3.36. The molecular formula is C13H11N5OS2. The number of anilines is 2. The number of rotatable bonds is 3. The first kappa shape index (κ1) is 12.7. The Morgan fingerprint density at radius 3 is 3.05 bits per heavy atom. The molecule has 21 heavy (non-hydrogen) atoms. The normalized spacial score (nSPS) is 14.5. The number of carbonyl (C=O) groups excluding carboxylic acids is 1. The molecule has 3 N–H and O–H groups in total. The second kappa shape index (κ2) is 4.74. The molecule has 0 saturated heterocycles. The van der Waals surface area contributed by atoms with Gasteiger partial charge in [-0.05, 0) is 18.9 Å². The Morgan fingerprint density at radius 2 is 2.29 bits per heavy atom. The van der Waals surface area contributed by atoms with Crippen LogP contribution in [0.25, 0.3) is 10.2 Å². The van der Waals surface area contributed by atoms with Gasteiger partial charge in [-0.1, -0.05) is 0 Å². The Bertz CT molecular complexity index is 836. The van der Waals surface area contributed by atoms with E-state index in [9.17, 15) is 4.79 Å². The molecule has 0 radical (unpaired) electrons. The van der Waals surface area contributed by atoms with E-state index in [0.717, 1.165) is 11.1 Å². The van der Waals surface area contributed by atoms with Crippen molar-refractivity contribution in [1.29, 1.82) is 0 Å². The number of amides is 1. The highest BCUT2D eigenvalue weighted by Crippen LogP contribution is 2.41. The van der Waals surface area contributed by atoms with Gasteiger partial charge in [0.15, 0.2) is 5.13 Å². The van der Waals surface area contributed by atoms with Gasteiger partial charge in [-0.3, -0.25) is 10.1 Å². The van der Waals surface area contributed by atoms with Crippen molar-refractivity contribution in [2.45, 2.75) is 18.8 Å². The number of aromatic nitrogens is 3. The molecule has 1 aliphatic rings. The van der Waals surface area contributed by atoms with Gasteiger partial charge in [-0.25, -0.2) is 4.98 Å². The van der Waals surface area contributed by atoms with Crippen LogP contribution < -0.4 is 11.1 Å². The van der Waals surface area contributed by atoms with Crippen molar-refractivity contribution in [2.24, 2.45) is 0 Å². The molecule has 1 amide bonds. The molecule has 4 rings (SSSR count). The van der Waals surface area contributed by atoms with Crippen LogP contribution in [0.3, 0.4) is 0 Å². The van der Waals surface area contributed by atoms with E-state index in [0.29, 0.717) is 26.4 Å². The van der Waals surface area contributed by atoms with Gasteiger partial charge in [0.05, 0.1) is 17.6 Å². The molecule has 0 aromatic carbocycles. The lowest BCUT2D eigenvalue weighted by Gasteiger charge is -1.99. The van der Waals surface area contributed by atoms with Gasteiger partial charge < -0.3 is 5.73 Å². The van der Waals surface area contributed by atoms with Crippen molar-refractivity contribution in [2.75, 3.05) is 11.1 Å². The summed E-state index contributed by atoms with van der Waals surface area (Å²) < 4.78 is 0. The van der Waals surface area contributed by atoms with Gasteiger partial charge in [-0.2, -0.15) is 5.10 Å². The van der Waals surface area contributed by atoms with E-state index in [1.807, 2.05) is 5.38 Å². The van der Waals surface area contributed by atoms with Crippen molar-refractivity contribution >= 4 is 49.6 Å². The molecule has 106 valence electrons. The first-order chi connectivity index (χ1) is 10.2. The molecule has 6 nitrogen and oxygen atoms in total. The number of nitrogens with one attached hydrogen (secondary N) is 1. The van der Waals surface area contributed by atoms with E-state index >= 15 is 0 Å². The molecule has 0 bridgehead atoms. The predicted molar refractivity (Wildman–Crippen MR) is 83.9 cm³/mol. The predicted octanol–water partition coefficient (Wildman–Crippen LogP) is 2.86. The number of nitrogen functional groups attached to an aromatic ring is 1. The Morgan fingerprint density at radius 1 is 1.43 bits per heavy atom. The molecular weight excluding hydrogens is 306 g/mol. The van der Waals surface area contributed by atoms with Crippen molar-refractivity contribution in [3.63, 3.8) is 0 Å². The smallest absolute Gasteiger partial charge is 0.269 e. The van der Waals surface area contributed by atoms with Crippen LogP contribution in [0.2, 0.25) is 0 Å². The lowest BCUT2D eigenvalue weighted by molar-refractivity contribution is 0.103. The third kappa shape index (κ3) is 2.26. The van der Waals surface area contributed by atoms with Gasteiger partial charge in [-0.15, -0.1) is 27.8 Å². The minimum absolute atomic E-state index is 0.243. The summed E-state index contributed by atoms with van der Waals surface area (Å²) in [5, 5.41) is 14.0. The van der Waals surface area contributed by atoms with Gasteiger partial charge in [0, 0.05) is 16.7 Å². The first-order valence-corrected chi connectivity index (χ1v) is 8.18. The maximum Gasteiger partial charge on any atom is 0.269 e. The maximum absolute atomic E-state index is 12.3. The van der Waals surface area contributed by atoms with Crippen LogP contribution in [0.1, 0.15) is 34.1 Å². The Kier molecular flexibility index (Phi) is 2.86. The minimum atomic E-state index is -0.243. The van der Waals surface area contributed by atoms with Gasteiger partial charge in [0.2, 0.25) is 0 Å². The SMILES string of the molecule is Nc1c(C(=O)Nc2nc(C3CC3)cs2)sc2nnccc12. The van der Waals surface area contributed by atoms with Crippen molar-refractivity contribution in [3.05, 3.63) is 28.2 Å². The molecule has 8 heteroatoms. The molecule has 0 spiro atoms. The number of thiophene rings is 1. The summed E-state index contributed by atoms with van der Waals surface area (Å²) in [5.74, 6) is 0.337. The highest BCUT2D eigenvalue weighted by molar-refractivity contribution is 7.21. The van der Waals surface area contributed by atoms with Crippen molar-refractivity contribution in [1.82, 2.24) is 15.2 Å². The molecule has 0 unspecified atom stereocenters. The fourth-order valence-electron chi connectivity index (χ4n) is 2.11. The van der Waals surface area contributed by atoms with Crippen LogP contribution in [0.4, 0.5) is 10.8 Å². The zero-order valence-electron chi connectivity index (χ0n) is 10.9. The van der Waals surface area contributed by atoms with Gasteiger partial charge >= 0.3 is 0 Å². The van der Waals surface area contributed by atoms with E-state index in [-0.39, 0.29) is 5.91 Å². The van der Waals surface area contributed by atoms with E-state index in [4.69, 9.17) is 5.73 Å². The standard InChI is InChI=1S/C13H11N5OS2/c14-9-7-3-4-15-18-12(7)21-10(9)11(19)17-13-16-8(5-20-13)6-1-2-6/h3-6H,1-2,14H2,(H,16,17,19). The van der Waals surface area contributed by atoms with Crippen LogP contribution in [-0.2, 0) is 0 Å². The number of nitrogens with two attached hydrogens (primary N) is 1.